The molecule has 8 heteroatoms. The highest BCUT2D eigenvalue weighted by Crippen LogP contribution is 2.36. The molecular weight excluding hydrogens is 404 g/mol. The van der Waals surface area contributed by atoms with Crippen molar-refractivity contribution in [3.63, 3.8) is 0 Å². The van der Waals surface area contributed by atoms with Gasteiger partial charge in [-0.05, 0) is 35.9 Å². The molecule has 7 nitrogen and oxygen atoms in total. The summed E-state index contributed by atoms with van der Waals surface area (Å²) in [5, 5.41) is 5.54. The molecule has 0 fully saturated rings. The number of ether oxygens (including phenoxy) is 3. The monoisotopic (exact) mass is 418 g/mol. The maximum absolute atomic E-state index is 12.4. The lowest BCUT2D eigenvalue weighted by Crippen LogP contribution is -2.25. The number of halogens is 1. The van der Waals surface area contributed by atoms with Crippen LogP contribution < -0.4 is 24.8 Å². The van der Waals surface area contributed by atoms with Gasteiger partial charge in [0.1, 0.15) is 19.0 Å². The number of amides is 2. The first kappa shape index (κ1) is 16.7. The number of carbonyl (C=O) groups is 2. The van der Waals surface area contributed by atoms with Gasteiger partial charge < -0.3 is 24.8 Å². The normalized spacial score (nSPS) is 14.7. The molecule has 2 aliphatic rings. The van der Waals surface area contributed by atoms with Gasteiger partial charge in [-0.3, -0.25) is 9.59 Å². The van der Waals surface area contributed by atoms with Crippen molar-refractivity contribution in [2.45, 2.75) is 6.42 Å². The van der Waals surface area contributed by atoms with Crippen LogP contribution in [0.25, 0.3) is 0 Å². The molecule has 0 atom stereocenters. The first-order valence-electron chi connectivity index (χ1n) is 8.03. The zero-order valence-electron chi connectivity index (χ0n) is 13.6. The Hall–Kier alpha value is -2.74. The molecule has 4 rings (SSSR count). The largest absolute Gasteiger partial charge is 0.486 e. The quantitative estimate of drug-likeness (QED) is 0.800. The Morgan fingerprint density at radius 2 is 1.85 bits per heavy atom. The van der Waals surface area contributed by atoms with Crippen molar-refractivity contribution < 1.29 is 23.8 Å². The fraction of sp³-hybridized carbons (Fsp3) is 0.222. The van der Waals surface area contributed by atoms with Crippen LogP contribution in [0, 0.1) is 0 Å². The average Bonchev–Trinajstić information content (AvgIpc) is 2.62. The van der Waals surface area contributed by atoms with Crippen molar-refractivity contribution in [3.8, 4) is 17.2 Å². The van der Waals surface area contributed by atoms with Crippen molar-refractivity contribution in [2.24, 2.45) is 0 Å². The van der Waals surface area contributed by atoms with Gasteiger partial charge in [-0.2, -0.15) is 0 Å². The third kappa shape index (κ3) is 3.45. The summed E-state index contributed by atoms with van der Waals surface area (Å²) in [4.78, 5) is 23.8. The highest BCUT2D eigenvalue weighted by molar-refractivity contribution is 9.10. The number of anilines is 2. The van der Waals surface area contributed by atoms with Crippen molar-refractivity contribution >= 4 is 39.1 Å². The predicted molar refractivity (Wildman–Crippen MR) is 98.0 cm³/mol. The lowest BCUT2D eigenvalue weighted by Gasteiger charge is -2.20. The molecule has 0 radical (unpaired) electrons. The highest BCUT2D eigenvalue weighted by Gasteiger charge is 2.18. The lowest BCUT2D eigenvalue weighted by molar-refractivity contribution is -0.118. The molecule has 2 heterocycles. The van der Waals surface area contributed by atoms with Crippen LogP contribution in [0.1, 0.15) is 5.56 Å². The van der Waals surface area contributed by atoms with Crippen LogP contribution in [-0.2, 0) is 16.0 Å². The van der Waals surface area contributed by atoms with Crippen molar-refractivity contribution in [2.75, 3.05) is 30.5 Å². The Morgan fingerprint density at radius 3 is 2.65 bits per heavy atom. The standard InChI is InChI=1S/C18H15BrN2O5/c19-12-8-16-15(24-3-4-25-16)5-10(12)6-17(22)20-11-1-2-14-13(7-11)21-18(23)9-26-14/h1-2,5,7-8H,3-4,6,9H2,(H,20,22)(H,21,23). The molecule has 0 unspecified atom stereocenters. The van der Waals surface area contributed by atoms with Gasteiger partial charge in [0.05, 0.1) is 12.1 Å². The molecule has 26 heavy (non-hydrogen) atoms. The Bertz CT molecular complexity index is 899. The third-order valence-electron chi connectivity index (χ3n) is 3.96. The molecule has 2 aromatic carbocycles. The minimum absolute atomic E-state index is 0.00313. The van der Waals surface area contributed by atoms with Crippen LogP contribution in [0.4, 0.5) is 11.4 Å². The van der Waals surface area contributed by atoms with E-state index in [0.717, 1.165) is 10.0 Å². The number of hydrogen-bond donors (Lipinski definition) is 2. The molecule has 0 saturated carbocycles. The smallest absolute Gasteiger partial charge is 0.262 e. The van der Waals surface area contributed by atoms with Crippen LogP contribution in [0.2, 0.25) is 0 Å². The van der Waals surface area contributed by atoms with Gasteiger partial charge in [0.25, 0.3) is 5.91 Å². The maximum atomic E-state index is 12.4. The van der Waals surface area contributed by atoms with Gasteiger partial charge in [0.2, 0.25) is 5.91 Å². The van der Waals surface area contributed by atoms with Crippen molar-refractivity contribution in [1.29, 1.82) is 0 Å². The van der Waals surface area contributed by atoms with Crippen LogP contribution in [0.15, 0.2) is 34.8 Å². The van der Waals surface area contributed by atoms with E-state index in [1.807, 2.05) is 6.07 Å². The second kappa shape index (κ2) is 6.87. The molecule has 2 amide bonds. The minimum atomic E-state index is -0.221. The highest BCUT2D eigenvalue weighted by atomic mass is 79.9. The molecule has 2 N–H and O–H groups in total. The van der Waals surface area contributed by atoms with E-state index >= 15 is 0 Å². The number of benzene rings is 2. The SMILES string of the molecule is O=C(Cc1cc2c(cc1Br)OCCO2)Nc1ccc2c(c1)NC(=O)CO2. The van der Waals surface area contributed by atoms with E-state index in [1.54, 1.807) is 24.3 Å². The summed E-state index contributed by atoms with van der Waals surface area (Å²) >= 11 is 3.47. The van der Waals surface area contributed by atoms with Crippen LogP contribution in [0.3, 0.4) is 0 Å². The Balaban J connectivity index is 1.48. The molecule has 0 aliphatic carbocycles. The Morgan fingerprint density at radius 1 is 1.08 bits per heavy atom. The number of nitrogens with one attached hydrogen (secondary N) is 2. The van der Waals surface area contributed by atoms with Gasteiger partial charge in [0, 0.05) is 10.2 Å². The fourth-order valence-corrected chi connectivity index (χ4v) is 3.24. The third-order valence-corrected chi connectivity index (χ3v) is 4.70. The molecule has 0 saturated heterocycles. The van der Waals surface area contributed by atoms with Crippen molar-refractivity contribution in [3.05, 3.63) is 40.4 Å². The van der Waals surface area contributed by atoms with E-state index in [0.29, 0.717) is 41.8 Å². The first-order chi connectivity index (χ1) is 12.6. The molecule has 0 spiro atoms. The van der Waals surface area contributed by atoms with E-state index < -0.39 is 0 Å². The summed E-state index contributed by atoms with van der Waals surface area (Å²) in [5.41, 5.74) is 1.91. The van der Waals surface area contributed by atoms with E-state index in [9.17, 15) is 9.59 Å². The molecule has 0 bridgehead atoms. The summed E-state index contributed by atoms with van der Waals surface area (Å²) in [6, 6.07) is 8.72. The van der Waals surface area contributed by atoms with Gasteiger partial charge in [-0.1, -0.05) is 15.9 Å². The van der Waals surface area contributed by atoms with Crippen LogP contribution >= 0.6 is 15.9 Å². The number of fused-ring (bicyclic) bond motifs is 2. The predicted octanol–water partition coefficient (Wildman–Crippen LogP) is 2.73. The van der Waals surface area contributed by atoms with Crippen LogP contribution in [-0.4, -0.2) is 31.6 Å². The Kier molecular flexibility index (Phi) is 4.42. The first-order valence-corrected chi connectivity index (χ1v) is 8.82. The minimum Gasteiger partial charge on any atom is -0.486 e. The lowest BCUT2D eigenvalue weighted by atomic mass is 10.1. The van der Waals surface area contributed by atoms with Gasteiger partial charge in [-0.15, -0.1) is 0 Å². The van der Waals surface area contributed by atoms with Crippen LogP contribution in [0.5, 0.6) is 17.2 Å². The molecule has 0 aromatic heterocycles. The fourth-order valence-electron chi connectivity index (χ4n) is 2.78. The van der Waals surface area contributed by atoms with Gasteiger partial charge >= 0.3 is 0 Å². The summed E-state index contributed by atoms with van der Waals surface area (Å²) in [6.45, 7) is 0.998. The summed E-state index contributed by atoms with van der Waals surface area (Å²) < 4.78 is 17.2. The average molecular weight is 419 g/mol. The zero-order chi connectivity index (χ0) is 18.1. The molecule has 2 aliphatic heterocycles. The summed E-state index contributed by atoms with van der Waals surface area (Å²) in [7, 11) is 0. The number of rotatable bonds is 3. The maximum Gasteiger partial charge on any atom is 0.262 e. The van der Waals surface area contributed by atoms with E-state index in [-0.39, 0.29) is 24.8 Å². The number of carbonyl (C=O) groups excluding carboxylic acids is 2. The van der Waals surface area contributed by atoms with Gasteiger partial charge in [-0.25, -0.2) is 0 Å². The zero-order valence-corrected chi connectivity index (χ0v) is 15.2. The molecule has 134 valence electrons. The Labute approximate surface area is 157 Å². The summed E-state index contributed by atoms with van der Waals surface area (Å²) in [6.07, 6.45) is 0.164. The topological polar surface area (TPSA) is 85.9 Å². The van der Waals surface area contributed by atoms with Crippen molar-refractivity contribution in [1.82, 2.24) is 0 Å². The molecular formula is C18H15BrN2O5. The summed E-state index contributed by atoms with van der Waals surface area (Å²) in [5.74, 6) is 1.47. The van der Waals surface area contributed by atoms with E-state index in [4.69, 9.17) is 14.2 Å². The molecule has 2 aromatic rings. The van der Waals surface area contributed by atoms with Gasteiger partial charge in [0.15, 0.2) is 18.1 Å². The second-order valence-electron chi connectivity index (χ2n) is 5.86. The van der Waals surface area contributed by atoms with E-state index in [2.05, 4.69) is 26.6 Å². The van der Waals surface area contributed by atoms with E-state index in [1.165, 1.54) is 0 Å². The second-order valence-corrected chi connectivity index (χ2v) is 6.71. The number of hydrogen-bond acceptors (Lipinski definition) is 5.